The molecule has 1 unspecified atom stereocenters. The zero-order valence-corrected chi connectivity index (χ0v) is 25.1. The molecule has 0 spiro atoms. The summed E-state index contributed by atoms with van der Waals surface area (Å²) in [5.74, 6) is 0.0323. The first-order valence-corrected chi connectivity index (χ1v) is 15.3. The van der Waals surface area contributed by atoms with E-state index in [4.69, 9.17) is 22.1 Å². The molecule has 1 aliphatic heterocycles. The molecule has 0 saturated heterocycles. The number of amides is 1. The molecule has 3 N–H and O–H groups in total. The second-order valence-corrected chi connectivity index (χ2v) is 13.6. The van der Waals surface area contributed by atoms with Crippen LogP contribution in [-0.2, 0) is 9.59 Å². The maximum atomic E-state index is 13.5. The Balaban J connectivity index is 1.42. The Hall–Kier alpha value is -3.37. The van der Waals surface area contributed by atoms with E-state index in [-0.39, 0.29) is 28.7 Å². The number of rotatable bonds is 7. The normalized spacial score (nSPS) is 18.4. The molecule has 3 heterocycles. The van der Waals surface area contributed by atoms with E-state index in [2.05, 4.69) is 21.6 Å². The summed E-state index contributed by atoms with van der Waals surface area (Å²) in [6.45, 7) is 4.09. The minimum atomic E-state index is -0.506. The monoisotopic (exact) mass is 612 g/mol. The molecule has 0 saturated carbocycles. The quantitative estimate of drug-likeness (QED) is 0.311. The molecule has 2 aliphatic rings. The van der Waals surface area contributed by atoms with E-state index in [9.17, 15) is 14.9 Å². The van der Waals surface area contributed by atoms with Crippen molar-refractivity contribution in [3.63, 3.8) is 0 Å². The average molecular weight is 613 g/mol. The number of aromatic nitrogens is 2. The summed E-state index contributed by atoms with van der Waals surface area (Å²) in [6, 6.07) is 11.1. The average Bonchev–Trinajstić information content (AvgIpc) is 3.59. The Morgan fingerprint density at radius 1 is 1.35 bits per heavy atom. The highest BCUT2D eigenvalue weighted by molar-refractivity contribution is 8.01. The molecule has 13 heteroatoms. The molecule has 1 aliphatic carbocycles. The maximum Gasteiger partial charge on any atom is 0.234 e. The lowest BCUT2D eigenvalue weighted by Crippen LogP contribution is -2.42. The van der Waals surface area contributed by atoms with Crippen LogP contribution in [0.3, 0.4) is 0 Å². The van der Waals surface area contributed by atoms with Crippen molar-refractivity contribution in [3.8, 4) is 11.8 Å². The molecule has 1 atom stereocenters. The van der Waals surface area contributed by atoms with Gasteiger partial charge in [-0.1, -0.05) is 54.6 Å². The van der Waals surface area contributed by atoms with E-state index in [1.165, 1.54) is 41.5 Å². The van der Waals surface area contributed by atoms with Crippen LogP contribution in [0.25, 0.3) is 0 Å². The van der Waals surface area contributed by atoms with Crippen molar-refractivity contribution < 1.29 is 14.3 Å². The summed E-state index contributed by atoms with van der Waals surface area (Å²) >= 11 is 10.0. The number of hydrogen-bond acceptors (Lipinski definition) is 11. The van der Waals surface area contributed by atoms with Gasteiger partial charge in [0.25, 0.3) is 0 Å². The highest BCUT2D eigenvalue weighted by Gasteiger charge is 2.45. The summed E-state index contributed by atoms with van der Waals surface area (Å²) in [7, 11) is 1.51. The predicted octanol–water partition coefficient (Wildman–Crippen LogP) is 5.93. The van der Waals surface area contributed by atoms with Crippen LogP contribution in [0.15, 0.2) is 62.7 Å². The van der Waals surface area contributed by atoms with Gasteiger partial charge >= 0.3 is 0 Å². The zero-order chi connectivity index (χ0) is 28.6. The largest absolute Gasteiger partial charge is 0.495 e. The molecule has 0 radical (unpaired) electrons. The molecule has 40 heavy (non-hydrogen) atoms. The summed E-state index contributed by atoms with van der Waals surface area (Å²) in [5, 5.41) is 24.4. The lowest BCUT2D eigenvalue weighted by Gasteiger charge is -2.42. The number of allylic oxidation sites excluding steroid dienone is 3. The number of thioether (sulfide) groups is 1. The van der Waals surface area contributed by atoms with Gasteiger partial charge in [-0.05, 0) is 41.5 Å². The predicted molar refractivity (Wildman–Crippen MR) is 159 cm³/mol. The Labute approximate surface area is 248 Å². The first-order chi connectivity index (χ1) is 19.1. The van der Waals surface area contributed by atoms with Gasteiger partial charge in [-0.15, -0.1) is 21.5 Å². The fourth-order valence-corrected chi connectivity index (χ4v) is 7.61. The smallest absolute Gasteiger partial charge is 0.234 e. The van der Waals surface area contributed by atoms with Crippen LogP contribution in [0.2, 0.25) is 5.02 Å². The Bertz CT molecular complexity index is 1590. The van der Waals surface area contributed by atoms with E-state index < -0.39 is 5.92 Å². The van der Waals surface area contributed by atoms with Crippen molar-refractivity contribution in [2.45, 2.75) is 36.9 Å². The molecule has 2 aromatic heterocycles. The maximum absolute atomic E-state index is 13.5. The Morgan fingerprint density at radius 3 is 2.85 bits per heavy atom. The number of thiophene rings is 1. The van der Waals surface area contributed by atoms with Gasteiger partial charge in [0.1, 0.15) is 11.6 Å². The second kappa shape index (κ2) is 11.2. The topological polar surface area (TPSA) is 134 Å². The van der Waals surface area contributed by atoms with E-state index in [1.807, 2.05) is 31.4 Å². The number of ketones is 1. The number of benzene rings is 1. The van der Waals surface area contributed by atoms with Gasteiger partial charge < -0.3 is 15.8 Å². The molecule has 206 valence electrons. The standard InChI is InChI=1S/C27H25ClN6O3S3/c1-27(2)10-17-23(18(35)11-27)22(20-5-4-8-38-20)15(12-29)24(30)34(17)25-32-33-26(40-25)39-13-21(36)31-16-9-14(28)6-7-19(16)37-3/h4-9,22H,10-11,13,30H2,1-3H3,(H,31,36). The number of hydrogen-bond donors (Lipinski definition) is 2. The van der Waals surface area contributed by atoms with Gasteiger partial charge in [-0.2, -0.15) is 5.26 Å². The van der Waals surface area contributed by atoms with E-state index in [0.29, 0.717) is 49.9 Å². The van der Waals surface area contributed by atoms with Crippen LogP contribution in [-0.4, -0.2) is 34.8 Å². The molecule has 1 amide bonds. The van der Waals surface area contributed by atoms with Gasteiger partial charge in [0.15, 0.2) is 10.1 Å². The second-order valence-electron chi connectivity index (χ2n) is 10.0. The van der Waals surface area contributed by atoms with Gasteiger partial charge in [-0.3, -0.25) is 14.5 Å². The number of nitrogens with one attached hydrogen (secondary N) is 1. The van der Waals surface area contributed by atoms with Crippen molar-refractivity contribution >= 4 is 68.5 Å². The summed E-state index contributed by atoms with van der Waals surface area (Å²) in [6.07, 6.45) is 0.963. The Kier molecular flexibility index (Phi) is 7.92. The number of methoxy groups -OCH3 is 1. The van der Waals surface area contributed by atoms with Crippen molar-refractivity contribution in [3.05, 3.63) is 68.3 Å². The van der Waals surface area contributed by atoms with Crippen LogP contribution >= 0.6 is 46.0 Å². The molecular weight excluding hydrogens is 588 g/mol. The number of halogens is 1. The summed E-state index contributed by atoms with van der Waals surface area (Å²) in [4.78, 5) is 28.8. The third kappa shape index (κ3) is 5.47. The number of nitriles is 1. The van der Waals surface area contributed by atoms with Crippen LogP contribution in [0.4, 0.5) is 10.8 Å². The number of nitrogens with zero attached hydrogens (tertiary/aromatic N) is 4. The van der Waals surface area contributed by atoms with Crippen molar-refractivity contribution in [2.75, 3.05) is 23.1 Å². The molecule has 0 fully saturated rings. The summed E-state index contributed by atoms with van der Waals surface area (Å²) < 4.78 is 5.83. The molecule has 1 aromatic carbocycles. The third-order valence-corrected chi connectivity index (χ3v) is 9.77. The van der Waals surface area contributed by atoms with Gasteiger partial charge in [0.2, 0.25) is 11.0 Å². The number of carbonyl (C=O) groups excluding carboxylic acids is 2. The number of anilines is 2. The fourth-order valence-electron chi connectivity index (χ4n) is 4.91. The lowest BCUT2D eigenvalue weighted by atomic mass is 9.70. The van der Waals surface area contributed by atoms with Crippen molar-refractivity contribution in [1.82, 2.24) is 10.2 Å². The minimum absolute atomic E-state index is 0.00197. The fraction of sp³-hybridized carbons (Fsp3) is 0.296. The number of Topliss-reactive ketones (excluding diaryl/α,β-unsaturated/α-hetero) is 1. The van der Waals surface area contributed by atoms with Crippen LogP contribution in [0, 0.1) is 16.7 Å². The van der Waals surface area contributed by atoms with Gasteiger partial charge in [-0.25, -0.2) is 0 Å². The highest BCUT2D eigenvalue weighted by atomic mass is 35.5. The molecule has 3 aromatic rings. The molecule has 5 rings (SSSR count). The van der Waals surface area contributed by atoms with Gasteiger partial charge in [0, 0.05) is 27.6 Å². The van der Waals surface area contributed by atoms with Crippen molar-refractivity contribution in [1.29, 1.82) is 5.26 Å². The number of nitrogens with two attached hydrogens (primary N) is 1. The minimum Gasteiger partial charge on any atom is -0.495 e. The van der Waals surface area contributed by atoms with Crippen LogP contribution in [0.5, 0.6) is 5.75 Å². The van der Waals surface area contributed by atoms with Crippen LogP contribution in [0.1, 0.15) is 37.5 Å². The SMILES string of the molecule is COc1ccc(Cl)cc1NC(=O)CSc1nnc(N2C(N)=C(C#N)C(c3cccs3)C3=C2CC(C)(C)CC3=O)s1. The van der Waals surface area contributed by atoms with Gasteiger partial charge in [0.05, 0.1) is 36.1 Å². The van der Waals surface area contributed by atoms with E-state index in [1.54, 1.807) is 23.1 Å². The Morgan fingerprint density at radius 2 is 2.15 bits per heavy atom. The molecule has 0 bridgehead atoms. The zero-order valence-electron chi connectivity index (χ0n) is 21.9. The first-order valence-electron chi connectivity index (χ1n) is 12.2. The highest BCUT2D eigenvalue weighted by Crippen LogP contribution is 2.51. The molecule has 9 nitrogen and oxygen atoms in total. The van der Waals surface area contributed by atoms with E-state index in [0.717, 1.165) is 10.6 Å². The van der Waals surface area contributed by atoms with Crippen LogP contribution < -0.4 is 20.7 Å². The number of carbonyl (C=O) groups is 2. The summed E-state index contributed by atoms with van der Waals surface area (Å²) in [5.41, 5.74) is 8.47. The number of ether oxygens (including phenoxy) is 1. The van der Waals surface area contributed by atoms with Crippen molar-refractivity contribution in [2.24, 2.45) is 11.1 Å². The third-order valence-electron chi connectivity index (χ3n) is 6.56. The lowest BCUT2D eigenvalue weighted by molar-refractivity contribution is -0.118. The first kappa shape index (κ1) is 28.2. The van der Waals surface area contributed by atoms with E-state index >= 15 is 0 Å². The molecular formula is C27H25ClN6O3S3.